The number of ether oxygens (including phenoxy) is 1. The first-order valence-corrected chi connectivity index (χ1v) is 6.02. The molecule has 0 aromatic carbocycles. The maximum Gasteiger partial charge on any atom is 0.339 e. The Labute approximate surface area is 120 Å². The Morgan fingerprint density at radius 1 is 1.19 bits per heavy atom. The van der Waals surface area contributed by atoms with Crippen LogP contribution in [0, 0.1) is 0 Å². The molecule has 0 radical (unpaired) electrons. The molecule has 108 valence electrons. The summed E-state index contributed by atoms with van der Waals surface area (Å²) >= 11 is 0. The highest BCUT2D eigenvalue weighted by atomic mass is 16.5. The number of pyridine rings is 2. The maximum absolute atomic E-state index is 11.7. The second-order valence-corrected chi connectivity index (χ2v) is 4.36. The summed E-state index contributed by atoms with van der Waals surface area (Å²) in [7, 11) is 3.28. The standard InChI is InChI=1S/C14H13N3O4/c1-17(2)13(18)9-3-4-12(16-7-9)21-11-8-15-6-5-10(11)14(19)20/h3-8H,1-2H3,(H,19,20). The molecule has 7 nitrogen and oxygen atoms in total. The minimum atomic E-state index is -1.12. The van der Waals surface area contributed by atoms with Crippen LogP contribution in [0.5, 0.6) is 11.6 Å². The van der Waals surface area contributed by atoms with Crippen molar-refractivity contribution in [2.45, 2.75) is 0 Å². The number of nitrogens with zero attached hydrogens (tertiary/aromatic N) is 3. The van der Waals surface area contributed by atoms with Gasteiger partial charge in [-0.05, 0) is 12.1 Å². The highest BCUT2D eigenvalue weighted by molar-refractivity contribution is 5.93. The fourth-order valence-electron chi connectivity index (χ4n) is 1.58. The SMILES string of the molecule is CN(C)C(=O)c1ccc(Oc2cnccc2C(=O)O)nc1. The van der Waals surface area contributed by atoms with E-state index >= 15 is 0 Å². The van der Waals surface area contributed by atoms with Crippen molar-refractivity contribution in [2.24, 2.45) is 0 Å². The highest BCUT2D eigenvalue weighted by Crippen LogP contribution is 2.23. The first-order chi connectivity index (χ1) is 9.99. The number of carbonyl (C=O) groups excluding carboxylic acids is 1. The van der Waals surface area contributed by atoms with Crippen LogP contribution >= 0.6 is 0 Å². The monoisotopic (exact) mass is 287 g/mol. The van der Waals surface area contributed by atoms with Crippen molar-refractivity contribution in [3.05, 3.63) is 47.9 Å². The third-order valence-electron chi connectivity index (χ3n) is 2.62. The third kappa shape index (κ3) is 3.33. The minimum Gasteiger partial charge on any atom is -0.478 e. The van der Waals surface area contributed by atoms with E-state index in [0.717, 1.165) is 0 Å². The van der Waals surface area contributed by atoms with E-state index < -0.39 is 5.97 Å². The van der Waals surface area contributed by atoms with Gasteiger partial charge in [-0.2, -0.15) is 0 Å². The van der Waals surface area contributed by atoms with Gasteiger partial charge in [-0.3, -0.25) is 9.78 Å². The van der Waals surface area contributed by atoms with Crippen LogP contribution in [0.25, 0.3) is 0 Å². The molecule has 2 aromatic heterocycles. The van der Waals surface area contributed by atoms with Gasteiger partial charge in [-0.1, -0.05) is 0 Å². The molecule has 2 rings (SSSR count). The molecule has 0 atom stereocenters. The van der Waals surface area contributed by atoms with Gasteiger partial charge >= 0.3 is 5.97 Å². The molecule has 0 aliphatic rings. The molecule has 2 aromatic rings. The molecule has 0 fully saturated rings. The number of hydrogen-bond acceptors (Lipinski definition) is 5. The van der Waals surface area contributed by atoms with E-state index in [0.29, 0.717) is 5.56 Å². The van der Waals surface area contributed by atoms with Crippen LogP contribution < -0.4 is 4.74 Å². The maximum atomic E-state index is 11.7. The largest absolute Gasteiger partial charge is 0.478 e. The lowest BCUT2D eigenvalue weighted by Gasteiger charge is -2.10. The van der Waals surface area contributed by atoms with Crippen molar-refractivity contribution in [3.8, 4) is 11.6 Å². The zero-order valence-corrected chi connectivity index (χ0v) is 11.5. The molecule has 0 saturated heterocycles. The molecule has 2 heterocycles. The van der Waals surface area contributed by atoms with E-state index in [4.69, 9.17) is 9.84 Å². The van der Waals surface area contributed by atoms with Crippen molar-refractivity contribution < 1.29 is 19.4 Å². The second-order valence-electron chi connectivity index (χ2n) is 4.36. The van der Waals surface area contributed by atoms with Gasteiger partial charge in [0.25, 0.3) is 5.91 Å². The van der Waals surface area contributed by atoms with Crippen molar-refractivity contribution in [1.29, 1.82) is 0 Å². The van der Waals surface area contributed by atoms with E-state index in [9.17, 15) is 9.59 Å². The van der Waals surface area contributed by atoms with Crippen molar-refractivity contribution >= 4 is 11.9 Å². The molecule has 0 spiro atoms. The Hall–Kier alpha value is -2.96. The number of carboxylic acids is 1. The Kier molecular flexibility index (Phi) is 4.13. The van der Waals surface area contributed by atoms with Gasteiger partial charge in [0.05, 0.1) is 11.8 Å². The van der Waals surface area contributed by atoms with Gasteiger partial charge in [-0.25, -0.2) is 9.78 Å². The van der Waals surface area contributed by atoms with Gasteiger partial charge in [0.1, 0.15) is 5.56 Å². The summed E-state index contributed by atoms with van der Waals surface area (Å²) in [6, 6.07) is 4.39. The smallest absolute Gasteiger partial charge is 0.339 e. The number of aromatic nitrogens is 2. The van der Waals surface area contributed by atoms with Crippen LogP contribution in [0.15, 0.2) is 36.8 Å². The predicted octanol–water partition coefficient (Wildman–Crippen LogP) is 1.67. The summed E-state index contributed by atoms with van der Waals surface area (Å²) in [6.45, 7) is 0. The van der Waals surface area contributed by atoms with E-state index in [1.807, 2.05) is 0 Å². The fraction of sp³-hybridized carbons (Fsp3) is 0.143. The van der Waals surface area contributed by atoms with E-state index in [1.54, 1.807) is 20.2 Å². The zero-order chi connectivity index (χ0) is 15.4. The summed E-state index contributed by atoms with van der Waals surface area (Å²) in [5.41, 5.74) is 0.400. The quantitative estimate of drug-likeness (QED) is 0.919. The molecule has 0 unspecified atom stereocenters. The van der Waals surface area contributed by atoms with E-state index in [-0.39, 0.29) is 23.1 Å². The summed E-state index contributed by atoms with van der Waals surface area (Å²) in [5, 5.41) is 9.04. The summed E-state index contributed by atoms with van der Waals surface area (Å²) in [6.07, 6.45) is 4.03. The number of carbonyl (C=O) groups is 2. The van der Waals surface area contributed by atoms with Gasteiger partial charge in [0.15, 0.2) is 5.75 Å². The van der Waals surface area contributed by atoms with Crippen LogP contribution in [0.4, 0.5) is 0 Å². The lowest BCUT2D eigenvalue weighted by Crippen LogP contribution is -2.21. The number of aromatic carboxylic acids is 1. The van der Waals surface area contributed by atoms with E-state index in [2.05, 4.69) is 9.97 Å². The lowest BCUT2D eigenvalue weighted by molar-refractivity contribution is 0.0693. The summed E-state index contributed by atoms with van der Waals surface area (Å²) < 4.78 is 5.39. The highest BCUT2D eigenvalue weighted by Gasteiger charge is 2.13. The molecule has 0 aliphatic carbocycles. The first-order valence-electron chi connectivity index (χ1n) is 6.02. The predicted molar refractivity (Wildman–Crippen MR) is 73.5 cm³/mol. The molecule has 0 bridgehead atoms. The first kappa shape index (κ1) is 14.4. The van der Waals surface area contributed by atoms with Crippen molar-refractivity contribution in [1.82, 2.24) is 14.9 Å². The Morgan fingerprint density at radius 2 is 1.95 bits per heavy atom. The topological polar surface area (TPSA) is 92.6 Å². The van der Waals surface area contributed by atoms with Gasteiger partial charge < -0.3 is 14.7 Å². The van der Waals surface area contributed by atoms with Crippen LogP contribution in [0.3, 0.4) is 0 Å². The zero-order valence-electron chi connectivity index (χ0n) is 11.5. The Balaban J connectivity index is 2.22. The molecule has 21 heavy (non-hydrogen) atoms. The summed E-state index contributed by atoms with van der Waals surface area (Å²) in [5.74, 6) is -1.03. The number of hydrogen-bond donors (Lipinski definition) is 1. The van der Waals surface area contributed by atoms with E-state index in [1.165, 1.54) is 35.6 Å². The van der Waals surface area contributed by atoms with Crippen LogP contribution in [0.2, 0.25) is 0 Å². The van der Waals surface area contributed by atoms with Gasteiger partial charge in [-0.15, -0.1) is 0 Å². The van der Waals surface area contributed by atoms with Crippen molar-refractivity contribution in [3.63, 3.8) is 0 Å². The fourth-order valence-corrected chi connectivity index (χ4v) is 1.58. The molecule has 0 aliphatic heterocycles. The summed E-state index contributed by atoms with van der Waals surface area (Å²) in [4.78, 5) is 32.0. The molecule has 1 amide bonds. The van der Waals surface area contributed by atoms with Crippen LogP contribution in [0.1, 0.15) is 20.7 Å². The Bertz CT molecular complexity index is 668. The second kappa shape index (κ2) is 6.00. The van der Waals surface area contributed by atoms with Crippen LogP contribution in [-0.4, -0.2) is 45.9 Å². The lowest BCUT2D eigenvalue weighted by atomic mass is 10.2. The number of carboxylic acid groups (broad SMARTS) is 1. The average molecular weight is 287 g/mol. The molecule has 0 saturated carbocycles. The molecule has 7 heteroatoms. The minimum absolute atomic E-state index is 0.0137. The van der Waals surface area contributed by atoms with Crippen LogP contribution in [-0.2, 0) is 0 Å². The number of rotatable bonds is 4. The molecule has 1 N–H and O–H groups in total. The molecular formula is C14H13N3O4. The van der Waals surface area contributed by atoms with Crippen molar-refractivity contribution in [2.75, 3.05) is 14.1 Å². The molecular weight excluding hydrogens is 274 g/mol. The Morgan fingerprint density at radius 3 is 2.52 bits per heavy atom. The normalized spacial score (nSPS) is 10.0. The number of amides is 1. The third-order valence-corrected chi connectivity index (χ3v) is 2.62. The average Bonchev–Trinajstić information content (AvgIpc) is 2.47. The van der Waals surface area contributed by atoms with Gasteiger partial charge in [0.2, 0.25) is 5.88 Å². The van der Waals surface area contributed by atoms with Gasteiger partial charge in [0, 0.05) is 32.6 Å².